The number of sulfone groups is 1. The van der Waals surface area contributed by atoms with Crippen LogP contribution in [0, 0.1) is 0 Å². The number of H-pyrrole nitrogens is 1. The van der Waals surface area contributed by atoms with Gasteiger partial charge in [-0.05, 0) is 55.3 Å². The van der Waals surface area contributed by atoms with E-state index in [1.165, 1.54) is 18.3 Å². The van der Waals surface area contributed by atoms with E-state index >= 15 is 0 Å². The second kappa shape index (κ2) is 10.4. The Bertz CT molecular complexity index is 1530. The summed E-state index contributed by atoms with van der Waals surface area (Å²) in [5, 5.41) is 9.92. The second-order valence-electron chi connectivity index (χ2n) is 9.24. The van der Waals surface area contributed by atoms with Gasteiger partial charge < -0.3 is 10.1 Å². The van der Waals surface area contributed by atoms with E-state index in [0.29, 0.717) is 11.1 Å². The standard InChI is InChI=1S/C26H28N6O4S/c1-17(2)37(34,35)24-6-4-21(15-28-24)29-26(33)25-22-12-19(3-5-23(22)30-31-25)20-11-18(13-27-14-20)16-32-7-9-36-10-8-32/h3-6,11-15,17H,7-10,16H2,1-2H3,(H,29,33)(H,30,31). The number of aromatic amines is 1. The SMILES string of the molecule is CC(C)S(=O)(=O)c1ccc(NC(=O)c2n[nH]c3ccc(-c4cncc(CN5CCOCC5)c4)cc23)cn1. The smallest absolute Gasteiger partial charge is 0.276 e. The van der Waals surface area contributed by atoms with Crippen molar-refractivity contribution in [3.05, 3.63) is 66.2 Å². The van der Waals surface area contributed by atoms with Crippen molar-refractivity contribution in [2.45, 2.75) is 30.7 Å². The summed E-state index contributed by atoms with van der Waals surface area (Å²) in [6.45, 7) is 7.28. The highest BCUT2D eigenvalue weighted by Crippen LogP contribution is 2.26. The maximum absolute atomic E-state index is 13.0. The molecule has 4 heterocycles. The summed E-state index contributed by atoms with van der Waals surface area (Å²) in [5.41, 5.74) is 4.31. The largest absolute Gasteiger partial charge is 0.379 e. The second-order valence-corrected chi connectivity index (χ2v) is 11.7. The van der Waals surface area contributed by atoms with E-state index in [1.54, 1.807) is 13.8 Å². The van der Waals surface area contributed by atoms with Gasteiger partial charge in [0.25, 0.3) is 5.91 Å². The molecule has 0 bridgehead atoms. The minimum Gasteiger partial charge on any atom is -0.379 e. The van der Waals surface area contributed by atoms with E-state index in [0.717, 1.165) is 55.1 Å². The normalized spacial score (nSPS) is 14.8. The Hall–Kier alpha value is -3.67. The Labute approximate surface area is 215 Å². The van der Waals surface area contributed by atoms with Crippen LogP contribution < -0.4 is 5.32 Å². The molecule has 0 radical (unpaired) electrons. The third kappa shape index (κ3) is 5.38. The minimum absolute atomic E-state index is 0.0279. The molecule has 2 N–H and O–H groups in total. The first-order valence-corrected chi connectivity index (χ1v) is 13.6. The molecule has 1 fully saturated rings. The van der Waals surface area contributed by atoms with Crippen molar-refractivity contribution in [2.75, 3.05) is 31.6 Å². The van der Waals surface area contributed by atoms with Gasteiger partial charge in [-0.1, -0.05) is 6.07 Å². The molecule has 0 atom stereocenters. The van der Waals surface area contributed by atoms with E-state index in [4.69, 9.17) is 4.74 Å². The van der Waals surface area contributed by atoms with Crippen LogP contribution in [0.4, 0.5) is 5.69 Å². The molecule has 5 rings (SSSR count). The molecular formula is C26H28N6O4S. The molecule has 0 spiro atoms. The van der Waals surface area contributed by atoms with Gasteiger partial charge in [0, 0.05) is 43.0 Å². The summed E-state index contributed by atoms with van der Waals surface area (Å²) in [6, 6.07) is 10.8. The van der Waals surface area contributed by atoms with Gasteiger partial charge in [-0.15, -0.1) is 0 Å². The predicted octanol–water partition coefficient (Wildman–Crippen LogP) is 3.29. The lowest BCUT2D eigenvalue weighted by Crippen LogP contribution is -2.35. The third-order valence-corrected chi connectivity index (χ3v) is 8.39. The molecule has 10 nitrogen and oxygen atoms in total. The number of benzene rings is 1. The maximum atomic E-state index is 13.0. The number of anilines is 1. The number of carbonyl (C=O) groups excluding carboxylic acids is 1. The molecule has 0 aliphatic carbocycles. The van der Waals surface area contributed by atoms with Gasteiger partial charge in [-0.3, -0.25) is 19.8 Å². The molecule has 1 saturated heterocycles. The molecule has 37 heavy (non-hydrogen) atoms. The van der Waals surface area contributed by atoms with Gasteiger partial charge in [0.1, 0.15) is 0 Å². The Balaban J connectivity index is 1.36. The molecule has 11 heteroatoms. The van der Waals surface area contributed by atoms with E-state index in [9.17, 15) is 13.2 Å². The highest BCUT2D eigenvalue weighted by atomic mass is 32.2. The van der Waals surface area contributed by atoms with Crippen molar-refractivity contribution >= 4 is 32.3 Å². The zero-order valence-electron chi connectivity index (χ0n) is 20.6. The van der Waals surface area contributed by atoms with Crippen molar-refractivity contribution in [3.63, 3.8) is 0 Å². The number of hydrogen-bond acceptors (Lipinski definition) is 8. The van der Waals surface area contributed by atoms with Crippen LogP contribution in [0.25, 0.3) is 22.0 Å². The lowest BCUT2D eigenvalue weighted by molar-refractivity contribution is 0.0341. The van der Waals surface area contributed by atoms with Crippen LogP contribution in [-0.4, -0.2) is 70.9 Å². The van der Waals surface area contributed by atoms with Crippen LogP contribution in [-0.2, 0) is 21.1 Å². The zero-order chi connectivity index (χ0) is 26.0. The number of fused-ring (bicyclic) bond motifs is 1. The van der Waals surface area contributed by atoms with Gasteiger partial charge in [-0.2, -0.15) is 5.10 Å². The van der Waals surface area contributed by atoms with E-state index in [-0.39, 0.29) is 10.7 Å². The van der Waals surface area contributed by atoms with Crippen LogP contribution >= 0.6 is 0 Å². The minimum atomic E-state index is -3.49. The summed E-state index contributed by atoms with van der Waals surface area (Å²) in [4.78, 5) is 23.8. The molecule has 4 aromatic rings. The van der Waals surface area contributed by atoms with E-state index in [1.807, 2.05) is 30.6 Å². The fourth-order valence-electron chi connectivity index (χ4n) is 4.17. The molecule has 0 unspecified atom stereocenters. The van der Waals surface area contributed by atoms with Crippen LogP contribution in [0.15, 0.2) is 60.0 Å². The average Bonchev–Trinajstić information content (AvgIpc) is 3.33. The molecule has 1 amide bonds. The summed E-state index contributed by atoms with van der Waals surface area (Å²) in [6.07, 6.45) is 5.02. The van der Waals surface area contributed by atoms with Crippen LogP contribution in [0.2, 0.25) is 0 Å². The monoisotopic (exact) mass is 520 g/mol. The van der Waals surface area contributed by atoms with Gasteiger partial charge in [0.15, 0.2) is 20.6 Å². The summed E-state index contributed by atoms with van der Waals surface area (Å²) in [7, 11) is -3.49. The number of aromatic nitrogens is 4. The lowest BCUT2D eigenvalue weighted by atomic mass is 10.0. The van der Waals surface area contributed by atoms with Gasteiger partial charge in [-0.25, -0.2) is 13.4 Å². The predicted molar refractivity (Wildman–Crippen MR) is 140 cm³/mol. The molecule has 1 aliphatic rings. The van der Waals surface area contributed by atoms with Crippen LogP contribution in [0.3, 0.4) is 0 Å². The van der Waals surface area contributed by atoms with Crippen LogP contribution in [0.5, 0.6) is 0 Å². The Morgan fingerprint density at radius 3 is 2.62 bits per heavy atom. The molecule has 3 aromatic heterocycles. The zero-order valence-corrected chi connectivity index (χ0v) is 21.5. The summed E-state index contributed by atoms with van der Waals surface area (Å²) >= 11 is 0. The van der Waals surface area contributed by atoms with Gasteiger partial charge >= 0.3 is 0 Å². The van der Waals surface area contributed by atoms with Crippen molar-refractivity contribution in [3.8, 4) is 11.1 Å². The molecule has 1 aromatic carbocycles. The van der Waals surface area contributed by atoms with E-state index in [2.05, 4.69) is 36.4 Å². The fourth-order valence-corrected chi connectivity index (χ4v) is 5.11. The van der Waals surface area contributed by atoms with Crippen molar-refractivity contribution in [1.82, 2.24) is 25.1 Å². The highest BCUT2D eigenvalue weighted by molar-refractivity contribution is 7.91. The number of hydrogen-bond donors (Lipinski definition) is 2. The quantitative estimate of drug-likeness (QED) is 0.380. The lowest BCUT2D eigenvalue weighted by Gasteiger charge is -2.26. The molecule has 192 valence electrons. The topological polar surface area (TPSA) is 130 Å². The number of nitrogens with one attached hydrogen (secondary N) is 2. The fraction of sp³-hybridized carbons (Fsp3) is 0.308. The summed E-state index contributed by atoms with van der Waals surface area (Å²) < 4.78 is 30.0. The third-order valence-electron chi connectivity index (χ3n) is 6.32. The van der Waals surface area contributed by atoms with Crippen molar-refractivity contribution < 1.29 is 17.9 Å². The van der Waals surface area contributed by atoms with Gasteiger partial charge in [0.2, 0.25) is 0 Å². The van der Waals surface area contributed by atoms with E-state index < -0.39 is 21.0 Å². The first kappa shape index (κ1) is 25.0. The number of pyridine rings is 2. The molecule has 1 aliphatic heterocycles. The van der Waals surface area contributed by atoms with Crippen molar-refractivity contribution in [2.24, 2.45) is 0 Å². The highest BCUT2D eigenvalue weighted by Gasteiger charge is 2.21. The first-order valence-electron chi connectivity index (χ1n) is 12.0. The van der Waals surface area contributed by atoms with Crippen molar-refractivity contribution in [1.29, 1.82) is 0 Å². The number of carbonyl (C=O) groups is 1. The van der Waals surface area contributed by atoms with Gasteiger partial charge in [0.05, 0.1) is 35.9 Å². The average molecular weight is 521 g/mol. The number of ether oxygens (including phenoxy) is 1. The Morgan fingerprint density at radius 2 is 1.89 bits per heavy atom. The Kier molecular flexibility index (Phi) is 7.00. The summed E-state index contributed by atoms with van der Waals surface area (Å²) in [5.74, 6) is -0.427. The molecular weight excluding hydrogens is 492 g/mol. The number of amides is 1. The Morgan fingerprint density at radius 1 is 1.08 bits per heavy atom. The maximum Gasteiger partial charge on any atom is 0.276 e. The number of morpholine rings is 1. The van der Waals surface area contributed by atoms with Crippen LogP contribution in [0.1, 0.15) is 29.9 Å². The number of rotatable bonds is 7. The molecule has 0 saturated carbocycles. The number of nitrogens with zero attached hydrogens (tertiary/aromatic N) is 4. The first-order chi connectivity index (χ1) is 17.8.